The van der Waals surface area contributed by atoms with Crippen LogP contribution >= 0.6 is 12.4 Å². The van der Waals surface area contributed by atoms with Crippen LogP contribution in [0.15, 0.2) is 24.3 Å². The van der Waals surface area contributed by atoms with Gasteiger partial charge in [0, 0.05) is 12.1 Å². The summed E-state index contributed by atoms with van der Waals surface area (Å²) >= 11 is 0. The number of piperidine rings is 1. The molecule has 0 saturated carbocycles. The van der Waals surface area contributed by atoms with Crippen LogP contribution in [-0.2, 0) is 6.54 Å². The van der Waals surface area contributed by atoms with Gasteiger partial charge in [-0.1, -0.05) is 18.2 Å². The molecule has 0 amide bonds. The molecule has 1 aliphatic rings. The molecule has 0 spiro atoms. The van der Waals surface area contributed by atoms with Crippen molar-refractivity contribution in [1.82, 2.24) is 10.2 Å². The summed E-state index contributed by atoms with van der Waals surface area (Å²) in [7, 11) is 1.95. The minimum atomic E-state index is -4.64. The second-order valence-corrected chi connectivity index (χ2v) is 5.77. The maximum absolute atomic E-state index is 12.4. The predicted molar refractivity (Wildman–Crippen MR) is 86.9 cm³/mol. The fourth-order valence-electron chi connectivity index (χ4n) is 2.88. The van der Waals surface area contributed by atoms with Gasteiger partial charge in [-0.3, -0.25) is 4.90 Å². The number of para-hydroxylation sites is 1. The van der Waals surface area contributed by atoms with E-state index < -0.39 is 6.36 Å². The van der Waals surface area contributed by atoms with E-state index in [1.165, 1.54) is 6.07 Å². The smallest absolute Gasteiger partial charge is 0.405 e. The van der Waals surface area contributed by atoms with Crippen molar-refractivity contribution < 1.29 is 17.9 Å². The van der Waals surface area contributed by atoms with E-state index in [-0.39, 0.29) is 18.2 Å². The van der Waals surface area contributed by atoms with E-state index in [2.05, 4.69) is 15.0 Å². The van der Waals surface area contributed by atoms with Crippen molar-refractivity contribution in [2.24, 2.45) is 5.92 Å². The zero-order valence-corrected chi connectivity index (χ0v) is 14.1. The van der Waals surface area contributed by atoms with E-state index in [1.54, 1.807) is 18.2 Å². The maximum Gasteiger partial charge on any atom is 0.573 e. The van der Waals surface area contributed by atoms with Gasteiger partial charge >= 0.3 is 6.36 Å². The molecule has 1 heterocycles. The standard InChI is InChI=1S/C16H23F3N2O.ClH/c1-20-9-6-13-7-10-21(11-8-13)12-14-4-2-3-5-15(14)22-16(17,18)19;/h2-5,13,20H,6-12H2,1H3;1H. The number of nitrogens with one attached hydrogen (secondary N) is 1. The molecule has 0 atom stereocenters. The molecule has 7 heteroatoms. The molecule has 1 aromatic carbocycles. The third-order valence-electron chi connectivity index (χ3n) is 4.10. The second-order valence-electron chi connectivity index (χ2n) is 5.77. The van der Waals surface area contributed by atoms with Gasteiger partial charge in [0.15, 0.2) is 0 Å². The average molecular weight is 353 g/mol. The molecule has 0 aromatic heterocycles. The number of likely N-dealkylation sites (tertiary alicyclic amines) is 1. The number of benzene rings is 1. The van der Waals surface area contributed by atoms with Gasteiger partial charge in [0.05, 0.1) is 0 Å². The molecule has 132 valence electrons. The van der Waals surface area contributed by atoms with Gasteiger partial charge in [-0.25, -0.2) is 0 Å². The quantitative estimate of drug-likeness (QED) is 0.842. The summed E-state index contributed by atoms with van der Waals surface area (Å²) in [5, 5.41) is 3.16. The van der Waals surface area contributed by atoms with Crippen LogP contribution in [0, 0.1) is 5.92 Å². The van der Waals surface area contributed by atoms with E-state index in [4.69, 9.17) is 0 Å². The average Bonchev–Trinajstić information content (AvgIpc) is 2.47. The number of ether oxygens (including phenoxy) is 1. The largest absolute Gasteiger partial charge is 0.573 e. The van der Waals surface area contributed by atoms with Crippen LogP contribution < -0.4 is 10.1 Å². The number of hydrogen-bond donors (Lipinski definition) is 1. The molecule has 0 aliphatic carbocycles. The number of nitrogens with zero attached hydrogens (tertiary/aromatic N) is 1. The topological polar surface area (TPSA) is 24.5 Å². The highest BCUT2D eigenvalue weighted by Crippen LogP contribution is 2.28. The molecule has 1 fully saturated rings. The zero-order chi connectivity index (χ0) is 16.0. The second kappa shape index (κ2) is 9.35. The molecular weight excluding hydrogens is 329 g/mol. The Morgan fingerprint density at radius 1 is 1.22 bits per heavy atom. The first-order chi connectivity index (χ1) is 10.5. The summed E-state index contributed by atoms with van der Waals surface area (Å²) in [6, 6.07) is 6.39. The van der Waals surface area contributed by atoms with Crippen molar-refractivity contribution in [2.75, 3.05) is 26.7 Å². The van der Waals surface area contributed by atoms with E-state index in [9.17, 15) is 13.2 Å². The van der Waals surface area contributed by atoms with Crippen LogP contribution in [-0.4, -0.2) is 37.9 Å². The summed E-state index contributed by atoms with van der Waals surface area (Å²) < 4.78 is 41.4. The Bertz CT molecular complexity index is 463. The van der Waals surface area contributed by atoms with Crippen molar-refractivity contribution in [3.05, 3.63) is 29.8 Å². The minimum absolute atomic E-state index is 0. The molecule has 3 nitrogen and oxygen atoms in total. The predicted octanol–water partition coefficient (Wildman–Crippen LogP) is 3.83. The van der Waals surface area contributed by atoms with Crippen LogP contribution in [0.25, 0.3) is 0 Å². The molecule has 0 radical (unpaired) electrons. The van der Waals surface area contributed by atoms with Crippen molar-refractivity contribution >= 4 is 12.4 Å². The fourth-order valence-corrected chi connectivity index (χ4v) is 2.88. The highest BCUT2D eigenvalue weighted by Gasteiger charge is 2.32. The molecular formula is C16H24ClF3N2O. The van der Waals surface area contributed by atoms with Gasteiger partial charge < -0.3 is 10.1 Å². The Labute approximate surface area is 141 Å². The first kappa shape index (κ1) is 20.1. The normalized spacial score (nSPS) is 16.9. The van der Waals surface area contributed by atoms with Crippen molar-refractivity contribution in [3.8, 4) is 5.75 Å². The van der Waals surface area contributed by atoms with Crippen LogP contribution in [0.4, 0.5) is 13.2 Å². The summed E-state index contributed by atoms with van der Waals surface area (Å²) in [4.78, 5) is 2.20. The van der Waals surface area contributed by atoms with Crippen LogP contribution in [0.2, 0.25) is 0 Å². The molecule has 1 aromatic rings. The Kier molecular flexibility index (Phi) is 8.16. The van der Waals surface area contributed by atoms with E-state index in [0.717, 1.165) is 38.9 Å². The Morgan fingerprint density at radius 3 is 2.48 bits per heavy atom. The Hall–Kier alpha value is -0.980. The third-order valence-corrected chi connectivity index (χ3v) is 4.10. The van der Waals surface area contributed by atoms with Gasteiger partial charge in [0.25, 0.3) is 0 Å². The molecule has 1 aliphatic heterocycles. The molecule has 23 heavy (non-hydrogen) atoms. The molecule has 0 unspecified atom stereocenters. The van der Waals surface area contributed by atoms with Crippen LogP contribution in [0.5, 0.6) is 5.75 Å². The molecule has 2 rings (SSSR count). The lowest BCUT2D eigenvalue weighted by molar-refractivity contribution is -0.275. The molecule has 0 bridgehead atoms. The number of alkyl halides is 3. The van der Waals surface area contributed by atoms with Crippen molar-refractivity contribution in [2.45, 2.75) is 32.2 Å². The Morgan fingerprint density at radius 2 is 1.87 bits per heavy atom. The van der Waals surface area contributed by atoms with E-state index >= 15 is 0 Å². The zero-order valence-electron chi connectivity index (χ0n) is 13.2. The minimum Gasteiger partial charge on any atom is -0.405 e. The number of hydrogen-bond acceptors (Lipinski definition) is 3. The van der Waals surface area contributed by atoms with Crippen molar-refractivity contribution in [3.63, 3.8) is 0 Å². The van der Waals surface area contributed by atoms with Gasteiger partial charge in [-0.2, -0.15) is 0 Å². The van der Waals surface area contributed by atoms with E-state index in [1.807, 2.05) is 7.05 Å². The van der Waals surface area contributed by atoms with Gasteiger partial charge in [-0.15, -0.1) is 25.6 Å². The highest BCUT2D eigenvalue weighted by molar-refractivity contribution is 5.85. The number of rotatable bonds is 6. The SMILES string of the molecule is CNCCC1CCN(Cc2ccccc2OC(F)(F)F)CC1.Cl. The number of halogens is 4. The summed E-state index contributed by atoms with van der Waals surface area (Å²) in [5.41, 5.74) is 0.591. The highest BCUT2D eigenvalue weighted by atomic mass is 35.5. The first-order valence-corrected chi connectivity index (χ1v) is 7.68. The summed E-state index contributed by atoms with van der Waals surface area (Å²) in [5.74, 6) is 0.623. The van der Waals surface area contributed by atoms with Gasteiger partial charge in [0.1, 0.15) is 5.75 Å². The summed E-state index contributed by atoms with van der Waals surface area (Å²) in [6.45, 7) is 3.38. The van der Waals surface area contributed by atoms with Crippen LogP contribution in [0.1, 0.15) is 24.8 Å². The monoisotopic (exact) mass is 352 g/mol. The Balaban J connectivity index is 0.00000264. The van der Waals surface area contributed by atoms with Crippen molar-refractivity contribution in [1.29, 1.82) is 0 Å². The van der Waals surface area contributed by atoms with Gasteiger partial charge in [-0.05, 0) is 57.9 Å². The maximum atomic E-state index is 12.4. The summed E-state index contributed by atoms with van der Waals surface area (Å²) in [6.07, 6.45) is -1.28. The lowest BCUT2D eigenvalue weighted by atomic mass is 9.93. The lowest BCUT2D eigenvalue weighted by Crippen LogP contribution is -2.34. The fraction of sp³-hybridized carbons (Fsp3) is 0.625. The first-order valence-electron chi connectivity index (χ1n) is 7.68. The lowest BCUT2D eigenvalue weighted by Gasteiger charge is -2.32. The third kappa shape index (κ3) is 6.97. The molecule has 1 N–H and O–H groups in total. The van der Waals surface area contributed by atoms with E-state index in [0.29, 0.717) is 18.0 Å². The van der Waals surface area contributed by atoms with Gasteiger partial charge in [0.2, 0.25) is 0 Å². The van der Waals surface area contributed by atoms with Crippen LogP contribution in [0.3, 0.4) is 0 Å². The molecule has 1 saturated heterocycles.